The van der Waals surface area contributed by atoms with Crippen molar-refractivity contribution in [1.82, 2.24) is 15.2 Å². The van der Waals surface area contributed by atoms with Gasteiger partial charge < -0.3 is 4.74 Å². The van der Waals surface area contributed by atoms with E-state index in [1.54, 1.807) is 0 Å². The number of hydrogen-bond donors (Lipinski definition) is 2. The maximum Gasteiger partial charge on any atom is 0.0644 e. The number of ether oxygens (including phenoxy) is 1. The molecule has 0 saturated carbocycles. The molecule has 1 heterocycles. The molecular weight excluding hydrogens is 216 g/mol. The molecular formula is C12H24N4O. The third-order valence-electron chi connectivity index (χ3n) is 2.51. The van der Waals surface area contributed by atoms with E-state index in [1.165, 1.54) is 0 Å². The monoisotopic (exact) mass is 240 g/mol. The van der Waals surface area contributed by atoms with Gasteiger partial charge in [-0.15, -0.1) is 0 Å². The molecule has 0 radical (unpaired) electrons. The molecule has 17 heavy (non-hydrogen) atoms. The van der Waals surface area contributed by atoms with E-state index in [-0.39, 0.29) is 11.6 Å². The predicted octanol–water partition coefficient (Wildman–Crippen LogP) is 0.918. The molecule has 0 aromatic carbocycles. The zero-order valence-corrected chi connectivity index (χ0v) is 11.4. The lowest BCUT2D eigenvalue weighted by molar-refractivity contribution is -0.0145. The maximum absolute atomic E-state index is 5.73. The lowest BCUT2D eigenvalue weighted by Crippen LogP contribution is -2.42. The molecule has 5 nitrogen and oxygen atoms in total. The molecule has 5 heteroatoms. The minimum atomic E-state index is -0.141. The number of nitrogens with one attached hydrogen (secondary N) is 1. The Labute approximate surface area is 103 Å². The van der Waals surface area contributed by atoms with Crippen molar-refractivity contribution in [3.63, 3.8) is 0 Å². The van der Waals surface area contributed by atoms with Crippen molar-refractivity contribution < 1.29 is 4.74 Å². The molecule has 1 atom stereocenters. The normalized spacial score (nSPS) is 14.0. The van der Waals surface area contributed by atoms with Crippen LogP contribution in [-0.4, -0.2) is 28.0 Å². The fourth-order valence-electron chi connectivity index (χ4n) is 1.62. The maximum atomic E-state index is 5.73. The van der Waals surface area contributed by atoms with Crippen LogP contribution in [0.15, 0.2) is 6.07 Å². The van der Waals surface area contributed by atoms with Gasteiger partial charge in [0.15, 0.2) is 0 Å². The van der Waals surface area contributed by atoms with Gasteiger partial charge in [0.1, 0.15) is 0 Å². The number of nitrogens with zero attached hydrogens (tertiary/aromatic N) is 2. The van der Waals surface area contributed by atoms with Crippen LogP contribution in [0.5, 0.6) is 0 Å². The van der Waals surface area contributed by atoms with Crippen molar-refractivity contribution in [2.45, 2.75) is 45.8 Å². The first kappa shape index (κ1) is 14.2. The molecule has 3 N–H and O–H groups in total. The number of hydrazine groups is 1. The SMILES string of the molecule is Cc1cc(CC(COC(C)(C)C)NN)n(C)n1. The fourth-order valence-corrected chi connectivity index (χ4v) is 1.62. The Morgan fingerprint density at radius 1 is 1.53 bits per heavy atom. The third-order valence-corrected chi connectivity index (χ3v) is 2.51. The van der Waals surface area contributed by atoms with Gasteiger partial charge in [0.25, 0.3) is 0 Å². The van der Waals surface area contributed by atoms with E-state index in [0.717, 1.165) is 17.8 Å². The van der Waals surface area contributed by atoms with Gasteiger partial charge in [-0.25, -0.2) is 0 Å². The van der Waals surface area contributed by atoms with Crippen LogP contribution >= 0.6 is 0 Å². The van der Waals surface area contributed by atoms with Crippen molar-refractivity contribution in [3.8, 4) is 0 Å². The van der Waals surface area contributed by atoms with Crippen molar-refractivity contribution in [2.24, 2.45) is 12.9 Å². The highest BCUT2D eigenvalue weighted by Crippen LogP contribution is 2.10. The molecule has 1 rings (SSSR count). The summed E-state index contributed by atoms with van der Waals surface area (Å²) in [7, 11) is 1.94. The van der Waals surface area contributed by atoms with Crippen LogP contribution in [0.4, 0.5) is 0 Å². The Morgan fingerprint density at radius 2 is 2.18 bits per heavy atom. The number of rotatable bonds is 5. The molecule has 0 spiro atoms. The molecule has 0 bridgehead atoms. The topological polar surface area (TPSA) is 65.1 Å². The Hall–Kier alpha value is -0.910. The van der Waals surface area contributed by atoms with E-state index < -0.39 is 0 Å². The third kappa shape index (κ3) is 4.85. The first-order valence-corrected chi connectivity index (χ1v) is 5.91. The van der Waals surface area contributed by atoms with E-state index in [4.69, 9.17) is 10.6 Å². The molecule has 0 aliphatic carbocycles. The number of nitrogens with two attached hydrogens (primary N) is 1. The zero-order valence-electron chi connectivity index (χ0n) is 11.4. The van der Waals surface area contributed by atoms with E-state index in [9.17, 15) is 0 Å². The van der Waals surface area contributed by atoms with Gasteiger partial charge in [-0.05, 0) is 33.8 Å². The smallest absolute Gasteiger partial charge is 0.0644 e. The zero-order chi connectivity index (χ0) is 13.1. The number of aryl methyl sites for hydroxylation is 2. The van der Waals surface area contributed by atoms with Crippen LogP contribution in [-0.2, 0) is 18.2 Å². The lowest BCUT2D eigenvalue weighted by Gasteiger charge is -2.24. The second-order valence-corrected chi connectivity index (χ2v) is 5.39. The summed E-state index contributed by atoms with van der Waals surface area (Å²) in [6.45, 7) is 8.68. The molecule has 1 unspecified atom stereocenters. The first-order chi connectivity index (χ1) is 7.81. The fraction of sp³-hybridized carbons (Fsp3) is 0.750. The van der Waals surface area contributed by atoms with Gasteiger partial charge in [0.2, 0.25) is 0 Å². The predicted molar refractivity (Wildman–Crippen MR) is 68.5 cm³/mol. The molecule has 0 saturated heterocycles. The van der Waals surface area contributed by atoms with Crippen molar-refractivity contribution in [2.75, 3.05) is 6.61 Å². The summed E-state index contributed by atoms with van der Waals surface area (Å²) >= 11 is 0. The average Bonchev–Trinajstić information content (AvgIpc) is 2.50. The largest absolute Gasteiger partial charge is 0.374 e. The summed E-state index contributed by atoms with van der Waals surface area (Å²) in [4.78, 5) is 0. The summed E-state index contributed by atoms with van der Waals surface area (Å²) in [5, 5.41) is 4.31. The quantitative estimate of drug-likeness (QED) is 0.593. The number of aromatic nitrogens is 2. The first-order valence-electron chi connectivity index (χ1n) is 5.91. The Kier molecular flexibility index (Phi) is 4.68. The highest BCUT2D eigenvalue weighted by molar-refractivity contribution is 5.10. The van der Waals surface area contributed by atoms with Gasteiger partial charge in [-0.1, -0.05) is 0 Å². The second kappa shape index (κ2) is 5.62. The number of hydrogen-bond acceptors (Lipinski definition) is 4. The summed E-state index contributed by atoms with van der Waals surface area (Å²) in [5.41, 5.74) is 4.83. The lowest BCUT2D eigenvalue weighted by atomic mass is 10.1. The van der Waals surface area contributed by atoms with E-state index in [0.29, 0.717) is 6.61 Å². The highest BCUT2D eigenvalue weighted by atomic mass is 16.5. The molecule has 0 aliphatic heterocycles. The van der Waals surface area contributed by atoms with Crippen LogP contribution < -0.4 is 11.3 Å². The molecule has 0 aliphatic rings. The molecule has 1 aromatic rings. The van der Waals surface area contributed by atoms with E-state index in [1.807, 2.05) is 39.4 Å². The van der Waals surface area contributed by atoms with Crippen molar-refractivity contribution >= 4 is 0 Å². The molecule has 0 amide bonds. The van der Waals surface area contributed by atoms with Gasteiger partial charge in [0, 0.05) is 25.2 Å². The van der Waals surface area contributed by atoms with Crippen LogP contribution in [0.25, 0.3) is 0 Å². The summed E-state index contributed by atoms with van der Waals surface area (Å²) in [5.74, 6) is 5.55. The van der Waals surface area contributed by atoms with Crippen LogP contribution in [0.2, 0.25) is 0 Å². The Morgan fingerprint density at radius 3 is 2.59 bits per heavy atom. The van der Waals surface area contributed by atoms with Gasteiger partial charge in [-0.3, -0.25) is 16.0 Å². The minimum absolute atomic E-state index is 0.101. The minimum Gasteiger partial charge on any atom is -0.374 e. The standard InChI is InChI=1S/C12H24N4O/c1-9-6-11(16(5)15-9)7-10(14-13)8-17-12(2,3)4/h6,10,14H,7-8,13H2,1-5H3. The van der Waals surface area contributed by atoms with Gasteiger partial charge in [-0.2, -0.15) is 5.10 Å². The van der Waals surface area contributed by atoms with Crippen LogP contribution in [0, 0.1) is 6.92 Å². The Bertz CT molecular complexity index is 354. The van der Waals surface area contributed by atoms with Gasteiger partial charge >= 0.3 is 0 Å². The van der Waals surface area contributed by atoms with E-state index >= 15 is 0 Å². The molecule has 0 fully saturated rings. The van der Waals surface area contributed by atoms with Crippen LogP contribution in [0.1, 0.15) is 32.2 Å². The average molecular weight is 240 g/mol. The Balaban J connectivity index is 2.55. The van der Waals surface area contributed by atoms with Crippen LogP contribution in [0.3, 0.4) is 0 Å². The van der Waals surface area contributed by atoms with E-state index in [2.05, 4.69) is 16.6 Å². The van der Waals surface area contributed by atoms with Crippen molar-refractivity contribution in [3.05, 3.63) is 17.5 Å². The molecule has 1 aromatic heterocycles. The van der Waals surface area contributed by atoms with Gasteiger partial charge in [0.05, 0.1) is 17.9 Å². The summed E-state index contributed by atoms with van der Waals surface area (Å²) in [6, 6.07) is 2.17. The van der Waals surface area contributed by atoms with Crippen molar-refractivity contribution in [1.29, 1.82) is 0 Å². The second-order valence-electron chi connectivity index (χ2n) is 5.39. The highest BCUT2D eigenvalue weighted by Gasteiger charge is 2.16. The molecule has 98 valence electrons. The summed E-state index contributed by atoms with van der Waals surface area (Å²) in [6.07, 6.45) is 0.809. The summed E-state index contributed by atoms with van der Waals surface area (Å²) < 4.78 is 7.61.